The lowest BCUT2D eigenvalue weighted by Gasteiger charge is -2.50. The predicted octanol–water partition coefficient (Wildman–Crippen LogP) is -0.666. The second kappa shape index (κ2) is 3.68. The standard InChI is InChI=1S/C11H20N2O3/c1-8(2)11(15)5-13(6-11)9(14)10(12)3-4-16-7-10/h8,15H,3-7,12H2,1-2H3. The van der Waals surface area contributed by atoms with Crippen molar-refractivity contribution in [1.82, 2.24) is 4.90 Å². The Labute approximate surface area is 95.5 Å². The number of ether oxygens (including phenoxy) is 1. The van der Waals surface area contributed by atoms with Crippen molar-refractivity contribution >= 4 is 5.91 Å². The second-order valence-corrected chi connectivity index (χ2v) is 5.38. The first kappa shape index (κ1) is 11.8. The fourth-order valence-electron chi connectivity index (χ4n) is 2.19. The number of carbonyl (C=O) groups excluding carboxylic acids is 1. The monoisotopic (exact) mass is 228 g/mol. The molecule has 0 radical (unpaired) electrons. The van der Waals surface area contributed by atoms with Gasteiger partial charge in [-0.05, 0) is 12.3 Å². The zero-order valence-electron chi connectivity index (χ0n) is 9.90. The van der Waals surface area contributed by atoms with E-state index in [0.29, 0.717) is 32.7 Å². The molecule has 2 aliphatic heterocycles. The summed E-state index contributed by atoms with van der Waals surface area (Å²) in [6.45, 7) is 5.54. The smallest absolute Gasteiger partial charge is 0.245 e. The van der Waals surface area contributed by atoms with E-state index in [1.807, 2.05) is 13.8 Å². The van der Waals surface area contributed by atoms with Crippen LogP contribution in [0, 0.1) is 5.92 Å². The predicted molar refractivity (Wildman–Crippen MR) is 58.7 cm³/mol. The average Bonchev–Trinajstić information content (AvgIpc) is 2.60. The summed E-state index contributed by atoms with van der Waals surface area (Å²) in [6.07, 6.45) is 0.572. The molecule has 2 fully saturated rings. The Balaban J connectivity index is 1.95. The zero-order chi connectivity index (χ0) is 12.0. The Kier molecular flexibility index (Phi) is 2.72. The van der Waals surface area contributed by atoms with Crippen LogP contribution in [0.4, 0.5) is 0 Å². The Hall–Kier alpha value is -0.650. The third kappa shape index (κ3) is 1.73. The van der Waals surface area contributed by atoms with Crippen LogP contribution < -0.4 is 5.73 Å². The van der Waals surface area contributed by atoms with Crippen LogP contribution in [-0.4, -0.2) is 53.4 Å². The summed E-state index contributed by atoms with van der Waals surface area (Å²) in [5.74, 6) is 0.0698. The third-order valence-corrected chi connectivity index (χ3v) is 3.77. The molecule has 0 aliphatic carbocycles. The van der Waals surface area contributed by atoms with Crippen LogP contribution in [0.2, 0.25) is 0 Å². The molecule has 0 aromatic carbocycles. The molecule has 2 saturated heterocycles. The molecule has 5 nitrogen and oxygen atoms in total. The molecule has 1 unspecified atom stereocenters. The quantitative estimate of drug-likeness (QED) is 0.657. The van der Waals surface area contributed by atoms with Gasteiger partial charge in [-0.3, -0.25) is 4.79 Å². The number of amides is 1. The van der Waals surface area contributed by atoms with Crippen molar-refractivity contribution in [2.75, 3.05) is 26.3 Å². The van der Waals surface area contributed by atoms with Crippen LogP contribution in [0.15, 0.2) is 0 Å². The van der Waals surface area contributed by atoms with E-state index in [0.717, 1.165) is 0 Å². The second-order valence-electron chi connectivity index (χ2n) is 5.38. The first-order valence-electron chi connectivity index (χ1n) is 5.76. The number of nitrogens with zero attached hydrogens (tertiary/aromatic N) is 1. The molecule has 2 heterocycles. The van der Waals surface area contributed by atoms with Crippen molar-refractivity contribution in [3.8, 4) is 0 Å². The van der Waals surface area contributed by atoms with Gasteiger partial charge in [0.05, 0.1) is 19.7 Å². The van der Waals surface area contributed by atoms with Gasteiger partial charge in [0.15, 0.2) is 0 Å². The fourth-order valence-corrected chi connectivity index (χ4v) is 2.19. The van der Waals surface area contributed by atoms with E-state index in [9.17, 15) is 9.90 Å². The largest absolute Gasteiger partial charge is 0.386 e. The minimum Gasteiger partial charge on any atom is -0.386 e. The van der Waals surface area contributed by atoms with Crippen LogP contribution in [0.3, 0.4) is 0 Å². The summed E-state index contributed by atoms with van der Waals surface area (Å²) in [4.78, 5) is 13.7. The molecule has 5 heteroatoms. The minimum atomic E-state index is -0.863. The molecule has 0 saturated carbocycles. The van der Waals surface area contributed by atoms with Crippen molar-refractivity contribution in [3.63, 3.8) is 0 Å². The van der Waals surface area contributed by atoms with Gasteiger partial charge in [-0.25, -0.2) is 0 Å². The zero-order valence-corrected chi connectivity index (χ0v) is 9.90. The van der Waals surface area contributed by atoms with Gasteiger partial charge in [0.2, 0.25) is 5.91 Å². The number of aliphatic hydroxyl groups is 1. The maximum absolute atomic E-state index is 12.1. The van der Waals surface area contributed by atoms with Crippen molar-refractivity contribution in [3.05, 3.63) is 0 Å². The van der Waals surface area contributed by atoms with Crippen molar-refractivity contribution in [2.45, 2.75) is 31.4 Å². The number of rotatable bonds is 2. The molecule has 2 aliphatic rings. The molecule has 0 bridgehead atoms. The lowest BCUT2D eigenvalue weighted by Crippen LogP contribution is -2.70. The van der Waals surface area contributed by atoms with Crippen LogP contribution in [0.1, 0.15) is 20.3 Å². The van der Waals surface area contributed by atoms with Gasteiger partial charge >= 0.3 is 0 Å². The Bertz CT molecular complexity index is 292. The molecule has 92 valence electrons. The van der Waals surface area contributed by atoms with Crippen LogP contribution in [0.5, 0.6) is 0 Å². The highest BCUT2D eigenvalue weighted by Crippen LogP contribution is 2.31. The molecule has 0 spiro atoms. The number of β-amino-alcohol motifs (C(OH)–C–C–N with tert-alkyl or cyclic N) is 1. The Morgan fingerprint density at radius 3 is 2.56 bits per heavy atom. The highest BCUT2D eigenvalue weighted by molar-refractivity contribution is 5.87. The summed E-state index contributed by atoms with van der Waals surface area (Å²) < 4.78 is 5.16. The number of hydrogen-bond donors (Lipinski definition) is 2. The van der Waals surface area contributed by atoms with E-state index in [4.69, 9.17) is 10.5 Å². The molecule has 1 amide bonds. The van der Waals surface area contributed by atoms with Gasteiger partial charge in [0.1, 0.15) is 11.1 Å². The van der Waals surface area contributed by atoms with Gasteiger partial charge in [-0.2, -0.15) is 0 Å². The molecule has 2 rings (SSSR count). The van der Waals surface area contributed by atoms with Crippen molar-refractivity contribution < 1.29 is 14.6 Å². The van der Waals surface area contributed by atoms with Crippen LogP contribution in [0.25, 0.3) is 0 Å². The molecule has 16 heavy (non-hydrogen) atoms. The summed E-state index contributed by atoms with van der Waals surface area (Å²) in [7, 11) is 0. The number of likely N-dealkylation sites (tertiary alicyclic amines) is 1. The van der Waals surface area contributed by atoms with Crippen molar-refractivity contribution in [2.24, 2.45) is 11.7 Å². The van der Waals surface area contributed by atoms with Crippen LogP contribution >= 0.6 is 0 Å². The van der Waals surface area contributed by atoms with Gasteiger partial charge in [0, 0.05) is 6.61 Å². The summed E-state index contributed by atoms with van der Waals surface area (Å²) in [5, 5.41) is 10.1. The van der Waals surface area contributed by atoms with Gasteiger partial charge in [0.25, 0.3) is 0 Å². The molecule has 3 N–H and O–H groups in total. The Morgan fingerprint density at radius 2 is 2.12 bits per heavy atom. The molecule has 0 aromatic heterocycles. The Morgan fingerprint density at radius 1 is 1.50 bits per heavy atom. The number of hydrogen-bond acceptors (Lipinski definition) is 4. The maximum atomic E-state index is 12.1. The van der Waals surface area contributed by atoms with E-state index >= 15 is 0 Å². The number of carbonyl (C=O) groups is 1. The van der Waals surface area contributed by atoms with E-state index in [2.05, 4.69) is 0 Å². The third-order valence-electron chi connectivity index (χ3n) is 3.77. The average molecular weight is 228 g/mol. The van der Waals surface area contributed by atoms with Gasteiger partial charge in [-0.15, -0.1) is 0 Å². The fraction of sp³-hybridized carbons (Fsp3) is 0.909. The molecular weight excluding hydrogens is 208 g/mol. The van der Waals surface area contributed by atoms with E-state index in [1.54, 1.807) is 4.90 Å². The SMILES string of the molecule is CC(C)C1(O)CN(C(=O)C2(N)CCOC2)C1. The van der Waals surface area contributed by atoms with Gasteiger partial charge in [-0.1, -0.05) is 13.8 Å². The first-order valence-corrected chi connectivity index (χ1v) is 5.76. The highest BCUT2D eigenvalue weighted by Gasteiger charge is 2.51. The van der Waals surface area contributed by atoms with Crippen LogP contribution in [-0.2, 0) is 9.53 Å². The van der Waals surface area contributed by atoms with E-state index < -0.39 is 11.1 Å². The summed E-state index contributed by atoms with van der Waals surface area (Å²) in [5.41, 5.74) is 4.39. The maximum Gasteiger partial charge on any atom is 0.245 e. The molecule has 0 aromatic rings. The van der Waals surface area contributed by atoms with Gasteiger partial charge < -0.3 is 20.5 Å². The summed E-state index contributed by atoms with van der Waals surface area (Å²) >= 11 is 0. The minimum absolute atomic E-state index is 0.0877. The number of nitrogens with two attached hydrogens (primary N) is 1. The molecule has 1 atom stereocenters. The van der Waals surface area contributed by atoms with E-state index in [1.165, 1.54) is 0 Å². The molecular formula is C11H20N2O3. The first-order chi connectivity index (χ1) is 7.37. The normalized spacial score (nSPS) is 32.9. The van der Waals surface area contributed by atoms with Crippen molar-refractivity contribution in [1.29, 1.82) is 0 Å². The van der Waals surface area contributed by atoms with E-state index in [-0.39, 0.29) is 11.8 Å². The topological polar surface area (TPSA) is 75.8 Å². The lowest BCUT2D eigenvalue weighted by molar-refractivity contribution is -0.168. The lowest BCUT2D eigenvalue weighted by atomic mass is 9.81. The highest BCUT2D eigenvalue weighted by atomic mass is 16.5. The summed E-state index contributed by atoms with van der Waals surface area (Å²) in [6, 6.07) is 0.